The molecule has 0 aliphatic carbocycles. The van der Waals surface area contributed by atoms with E-state index in [9.17, 15) is 0 Å². The van der Waals surface area contributed by atoms with Crippen molar-refractivity contribution in [3.63, 3.8) is 0 Å². The normalized spacial score (nSPS) is 9.46. The average molecular weight is 1060 g/mol. The fourth-order valence-electron chi connectivity index (χ4n) is 4.23. The maximum absolute atomic E-state index is 4.90. The van der Waals surface area contributed by atoms with Crippen LogP contribution in [-0.4, -0.2) is 137 Å². The molecule has 0 heterocycles. The lowest BCUT2D eigenvalue weighted by molar-refractivity contribution is 0.193. The van der Waals surface area contributed by atoms with Crippen molar-refractivity contribution < 1.29 is 47.4 Å². The first-order valence-corrected chi connectivity index (χ1v) is 26.8. The average Bonchev–Trinajstić information content (AvgIpc) is 3.39. The first-order chi connectivity index (χ1) is 35.7. The lowest BCUT2D eigenvalue weighted by Crippen LogP contribution is -1.87. The second-order valence-electron chi connectivity index (χ2n) is 16.3. The Morgan fingerprint density at radius 3 is 0.892 bits per heavy atom. The maximum atomic E-state index is 4.90. The SMILES string of the molecule is C/C=C/CCCCOC.C/C=C/CCCOC.C/C=C/CCOC.C=C(C)CCCCOC.C=C(C)CCCOC.C=C(C)CCOC.C=CCCCCOC.C=CCCCOC.C=CCCOC.C=CCOC. The topological polar surface area (TPSA) is 92.3 Å². The third-order valence-corrected chi connectivity index (χ3v) is 8.35. The molecule has 444 valence electrons. The summed E-state index contributed by atoms with van der Waals surface area (Å²) < 4.78 is 48.0. The Bertz CT molecular complexity index is 1070. The van der Waals surface area contributed by atoms with Crippen LogP contribution in [0.15, 0.2) is 124 Å². The molecule has 0 fully saturated rings. The summed E-state index contributed by atoms with van der Waals surface area (Å²) in [4.78, 5) is 0. The first-order valence-electron chi connectivity index (χ1n) is 26.8. The van der Waals surface area contributed by atoms with Crippen LogP contribution in [0.5, 0.6) is 0 Å². The Morgan fingerprint density at radius 1 is 0.284 bits per heavy atom. The van der Waals surface area contributed by atoms with Crippen molar-refractivity contribution in [2.24, 2.45) is 0 Å². The quantitative estimate of drug-likeness (QED) is 0.0440. The summed E-state index contributed by atoms with van der Waals surface area (Å²) in [7, 11) is 17.1. The molecule has 0 bridgehead atoms. The molecular formula is C64H128O10. The minimum Gasteiger partial charge on any atom is -0.385 e. The van der Waals surface area contributed by atoms with Crippen LogP contribution in [0.4, 0.5) is 0 Å². The number of unbranched alkanes of at least 4 members (excludes halogenated alkanes) is 7. The summed E-state index contributed by atoms with van der Waals surface area (Å²) in [5, 5.41) is 0. The fourth-order valence-corrected chi connectivity index (χ4v) is 4.23. The highest BCUT2D eigenvalue weighted by Gasteiger charge is 1.88. The monoisotopic (exact) mass is 1060 g/mol. The van der Waals surface area contributed by atoms with Gasteiger partial charge in [0.05, 0.1) is 6.61 Å². The van der Waals surface area contributed by atoms with Gasteiger partial charge in [0.15, 0.2) is 0 Å². The molecule has 0 aliphatic rings. The van der Waals surface area contributed by atoms with E-state index in [1.807, 2.05) is 52.0 Å². The summed E-state index contributed by atoms with van der Waals surface area (Å²) in [6, 6.07) is 0. The molecular weight excluding hydrogens is 929 g/mol. The van der Waals surface area contributed by atoms with Gasteiger partial charge in [-0.3, -0.25) is 0 Å². The summed E-state index contributed by atoms with van der Waals surface area (Å²) in [6.45, 7) is 46.0. The molecule has 0 saturated heterocycles. The van der Waals surface area contributed by atoms with E-state index in [0.29, 0.717) is 6.61 Å². The number of hydrogen-bond donors (Lipinski definition) is 0. The molecule has 0 atom stereocenters. The Balaban J connectivity index is -0.0000000772. The molecule has 10 nitrogen and oxygen atoms in total. The molecule has 0 unspecified atom stereocenters. The van der Waals surface area contributed by atoms with Crippen molar-refractivity contribution in [1.82, 2.24) is 0 Å². The molecule has 0 N–H and O–H groups in total. The zero-order valence-corrected chi connectivity index (χ0v) is 52.1. The molecule has 74 heavy (non-hydrogen) atoms. The molecule has 10 heteroatoms. The molecule has 0 spiro atoms. The van der Waals surface area contributed by atoms with Crippen molar-refractivity contribution in [3.05, 3.63) is 124 Å². The summed E-state index contributed by atoms with van der Waals surface area (Å²) >= 11 is 0. The van der Waals surface area contributed by atoms with Crippen LogP contribution in [0.3, 0.4) is 0 Å². The van der Waals surface area contributed by atoms with E-state index in [-0.39, 0.29) is 0 Å². The smallest absolute Gasteiger partial charge is 0.0641 e. The van der Waals surface area contributed by atoms with Crippen molar-refractivity contribution in [2.45, 2.75) is 157 Å². The van der Waals surface area contributed by atoms with Gasteiger partial charge in [-0.25, -0.2) is 0 Å². The van der Waals surface area contributed by atoms with Crippen LogP contribution in [0.1, 0.15) is 157 Å². The number of methoxy groups -OCH3 is 10. The second kappa shape index (κ2) is 114. The van der Waals surface area contributed by atoms with Crippen molar-refractivity contribution in [2.75, 3.05) is 137 Å². The van der Waals surface area contributed by atoms with Gasteiger partial charge in [-0.2, -0.15) is 0 Å². The van der Waals surface area contributed by atoms with Gasteiger partial charge in [-0.1, -0.05) is 77.5 Å². The number of allylic oxidation sites excluding steroid dienone is 9. The Kier molecular flexibility index (Phi) is 144. The van der Waals surface area contributed by atoms with Gasteiger partial charge in [0.25, 0.3) is 0 Å². The van der Waals surface area contributed by atoms with Crippen LogP contribution in [0, 0.1) is 0 Å². The van der Waals surface area contributed by atoms with Gasteiger partial charge >= 0.3 is 0 Å². The lowest BCUT2D eigenvalue weighted by Gasteiger charge is -1.97. The first kappa shape index (κ1) is 93.5. The molecule has 0 aliphatic heterocycles. The van der Waals surface area contributed by atoms with Crippen LogP contribution in [-0.2, 0) is 47.4 Å². The summed E-state index contributed by atoms with van der Waals surface area (Å²) in [5.74, 6) is 0. The van der Waals surface area contributed by atoms with E-state index in [4.69, 9.17) is 42.6 Å². The van der Waals surface area contributed by atoms with Gasteiger partial charge in [0.1, 0.15) is 0 Å². The Hall–Kier alpha value is -3.00. The predicted octanol–water partition coefficient (Wildman–Crippen LogP) is 17.6. The number of rotatable bonds is 38. The second-order valence-corrected chi connectivity index (χ2v) is 16.3. The van der Waals surface area contributed by atoms with Crippen LogP contribution < -0.4 is 0 Å². The molecule has 0 rings (SSSR count). The van der Waals surface area contributed by atoms with Gasteiger partial charge in [-0.05, 0) is 157 Å². The van der Waals surface area contributed by atoms with Crippen LogP contribution in [0.2, 0.25) is 0 Å². The third kappa shape index (κ3) is 190. The standard InChI is InChI=1S/2C8H16O.3C7H14O.3C6H12O.C5H10O.C4H8O/c1-8(2)6-4-5-7-9-3;1-3-4-5-6-7-8-9-2;1-7(2)5-4-6-8-3;2*1-3-4-5-6-7-8-2;1-6(2)4-5-7-3;2*1-3-4-5-6-7-2;1-3-4-5-6-2;1-3-4-5-2/h1,4-7H2,2-3H3;3-4H,5-8H2,1-2H3;1,4-6H2,2-3H3;3-4H,5-7H2,1-2H3;3H,1,4-7H2,2H3;1,4-5H2,2-3H3;3-4H,5-6H2,1-2H3;3H,1,4-6H2,2H3;3H,1,4-5H2,2H3;3H,1,4H2,2H3/b;4-3+;;4-3+;;;4-3+;;;. The van der Waals surface area contributed by atoms with E-state index in [1.54, 1.807) is 77.2 Å². The van der Waals surface area contributed by atoms with E-state index in [0.717, 1.165) is 143 Å². The van der Waals surface area contributed by atoms with Crippen molar-refractivity contribution >= 4 is 0 Å². The molecule has 0 radical (unpaired) electrons. The highest BCUT2D eigenvalue weighted by molar-refractivity contribution is 4.88. The largest absolute Gasteiger partial charge is 0.385 e. The van der Waals surface area contributed by atoms with E-state index in [1.165, 1.54) is 48.8 Å². The summed E-state index contributed by atoms with van der Waals surface area (Å²) in [5.41, 5.74) is 3.69. The predicted molar refractivity (Wildman–Crippen MR) is 332 cm³/mol. The minimum atomic E-state index is 0.653. The van der Waals surface area contributed by atoms with Gasteiger partial charge < -0.3 is 47.4 Å². The van der Waals surface area contributed by atoms with Crippen LogP contribution in [0.25, 0.3) is 0 Å². The number of ether oxygens (including phenoxy) is 10. The molecule has 0 saturated carbocycles. The Labute approximate surface area is 463 Å². The van der Waals surface area contributed by atoms with E-state index < -0.39 is 0 Å². The maximum Gasteiger partial charge on any atom is 0.0641 e. The molecule has 0 aromatic heterocycles. The van der Waals surface area contributed by atoms with E-state index >= 15 is 0 Å². The third-order valence-electron chi connectivity index (χ3n) is 8.35. The van der Waals surface area contributed by atoms with Crippen molar-refractivity contribution in [1.29, 1.82) is 0 Å². The van der Waals surface area contributed by atoms with Gasteiger partial charge in [0.2, 0.25) is 0 Å². The molecule has 0 amide bonds. The van der Waals surface area contributed by atoms with Gasteiger partial charge in [-0.15, -0.1) is 46.1 Å². The van der Waals surface area contributed by atoms with Crippen molar-refractivity contribution in [3.8, 4) is 0 Å². The zero-order chi connectivity index (χ0) is 58.7. The Morgan fingerprint density at radius 2 is 0.581 bits per heavy atom. The highest BCUT2D eigenvalue weighted by atomic mass is 16.5. The fraction of sp³-hybridized carbons (Fsp3) is 0.688. The van der Waals surface area contributed by atoms with Gasteiger partial charge in [0, 0.05) is 131 Å². The number of hydrogen-bond acceptors (Lipinski definition) is 10. The lowest BCUT2D eigenvalue weighted by atomic mass is 10.1. The zero-order valence-electron chi connectivity index (χ0n) is 52.1. The molecule has 0 aromatic carbocycles. The van der Waals surface area contributed by atoms with Crippen LogP contribution >= 0.6 is 0 Å². The van der Waals surface area contributed by atoms with E-state index in [2.05, 4.69) is 95.0 Å². The molecule has 0 aromatic rings. The minimum absolute atomic E-state index is 0.653. The highest BCUT2D eigenvalue weighted by Crippen LogP contribution is 2.03. The summed E-state index contributed by atoms with van der Waals surface area (Å²) in [6.07, 6.45) is 40.2.